The molecule has 0 atom stereocenters. The second-order valence-electron chi connectivity index (χ2n) is 4.46. The van der Waals surface area contributed by atoms with E-state index >= 15 is 0 Å². The molecule has 94 valence electrons. The molecule has 1 aromatic carbocycles. The van der Waals surface area contributed by atoms with Crippen molar-refractivity contribution in [1.82, 2.24) is 10.2 Å². The van der Waals surface area contributed by atoms with E-state index in [0.29, 0.717) is 0 Å². The van der Waals surface area contributed by atoms with E-state index < -0.39 is 0 Å². The normalized spacial score (nSPS) is 16.6. The number of rotatable bonds is 5. The lowest BCUT2D eigenvalue weighted by Gasteiger charge is -2.15. The predicted molar refractivity (Wildman–Crippen MR) is 76.5 cm³/mol. The van der Waals surface area contributed by atoms with Crippen molar-refractivity contribution >= 4 is 22.6 Å². The van der Waals surface area contributed by atoms with Crippen LogP contribution in [0.25, 0.3) is 0 Å². The molecule has 1 fully saturated rings. The van der Waals surface area contributed by atoms with Crippen LogP contribution in [0.3, 0.4) is 0 Å². The monoisotopic (exact) mass is 348 g/mol. The van der Waals surface area contributed by atoms with Gasteiger partial charge >= 0.3 is 0 Å². The molecule has 0 spiro atoms. The third-order valence-corrected chi connectivity index (χ3v) is 4.14. The lowest BCUT2D eigenvalue weighted by atomic mass is 10.2. The van der Waals surface area contributed by atoms with Crippen LogP contribution in [0.1, 0.15) is 18.4 Å². The molecule has 4 heteroatoms. The van der Waals surface area contributed by atoms with Crippen LogP contribution in [0.5, 0.6) is 0 Å². The van der Waals surface area contributed by atoms with Gasteiger partial charge in [0.15, 0.2) is 0 Å². The van der Waals surface area contributed by atoms with Crippen molar-refractivity contribution < 1.29 is 4.39 Å². The van der Waals surface area contributed by atoms with Crippen molar-refractivity contribution in [3.05, 3.63) is 33.1 Å². The molecule has 1 heterocycles. The summed E-state index contributed by atoms with van der Waals surface area (Å²) in [5.41, 5.74) is 1.17. The summed E-state index contributed by atoms with van der Waals surface area (Å²) in [5.74, 6) is -0.157. The molecule has 0 aromatic heterocycles. The first-order valence-corrected chi connectivity index (χ1v) is 7.20. The summed E-state index contributed by atoms with van der Waals surface area (Å²) in [7, 11) is 0. The van der Waals surface area contributed by atoms with E-state index in [1.807, 2.05) is 6.07 Å². The van der Waals surface area contributed by atoms with Crippen LogP contribution in [0.4, 0.5) is 4.39 Å². The maximum absolute atomic E-state index is 12.9. The average Bonchev–Trinajstić information content (AvgIpc) is 2.79. The summed E-state index contributed by atoms with van der Waals surface area (Å²) in [6, 6.07) is 4.97. The van der Waals surface area contributed by atoms with E-state index in [2.05, 4.69) is 32.8 Å². The molecule has 0 aliphatic carbocycles. The highest BCUT2D eigenvalue weighted by molar-refractivity contribution is 14.1. The predicted octanol–water partition coefficient (Wildman–Crippen LogP) is 2.62. The van der Waals surface area contributed by atoms with Crippen LogP contribution in [-0.4, -0.2) is 31.1 Å². The lowest BCUT2D eigenvalue weighted by molar-refractivity contribution is 0.335. The molecule has 1 aliphatic heterocycles. The van der Waals surface area contributed by atoms with Crippen molar-refractivity contribution in [1.29, 1.82) is 0 Å². The highest BCUT2D eigenvalue weighted by atomic mass is 127. The maximum atomic E-state index is 12.9. The molecule has 0 saturated carbocycles. The molecular weight excluding hydrogens is 330 g/mol. The van der Waals surface area contributed by atoms with Gasteiger partial charge in [0, 0.05) is 23.2 Å². The Morgan fingerprint density at radius 3 is 2.76 bits per heavy atom. The van der Waals surface area contributed by atoms with E-state index in [9.17, 15) is 4.39 Å². The second-order valence-corrected chi connectivity index (χ2v) is 5.62. The summed E-state index contributed by atoms with van der Waals surface area (Å²) in [6.45, 7) is 5.45. The van der Waals surface area contributed by atoms with E-state index in [-0.39, 0.29) is 5.82 Å². The number of benzene rings is 1. The van der Waals surface area contributed by atoms with Crippen LogP contribution in [0.15, 0.2) is 18.2 Å². The smallest absolute Gasteiger partial charge is 0.124 e. The van der Waals surface area contributed by atoms with Gasteiger partial charge in [0.25, 0.3) is 0 Å². The summed E-state index contributed by atoms with van der Waals surface area (Å²) < 4.78 is 13.9. The largest absolute Gasteiger partial charge is 0.311 e. The van der Waals surface area contributed by atoms with Crippen LogP contribution in [0, 0.1) is 9.39 Å². The maximum Gasteiger partial charge on any atom is 0.124 e. The molecule has 1 aromatic rings. The van der Waals surface area contributed by atoms with Gasteiger partial charge in [-0.05, 0) is 66.2 Å². The summed E-state index contributed by atoms with van der Waals surface area (Å²) >= 11 is 2.19. The Bertz CT molecular complexity index is 364. The van der Waals surface area contributed by atoms with Crippen molar-refractivity contribution in [2.75, 3.05) is 26.2 Å². The zero-order valence-corrected chi connectivity index (χ0v) is 12.0. The van der Waals surface area contributed by atoms with Gasteiger partial charge in [-0.15, -0.1) is 0 Å². The number of halogens is 2. The Labute approximate surface area is 116 Å². The number of nitrogens with one attached hydrogen (secondary N) is 1. The number of hydrogen-bond acceptors (Lipinski definition) is 2. The Balaban J connectivity index is 1.70. The van der Waals surface area contributed by atoms with Gasteiger partial charge < -0.3 is 10.2 Å². The molecule has 0 unspecified atom stereocenters. The Morgan fingerprint density at radius 2 is 2.06 bits per heavy atom. The van der Waals surface area contributed by atoms with Crippen molar-refractivity contribution in [3.63, 3.8) is 0 Å². The van der Waals surface area contributed by atoms with Crippen LogP contribution < -0.4 is 5.32 Å². The van der Waals surface area contributed by atoms with Crippen molar-refractivity contribution in [3.8, 4) is 0 Å². The lowest BCUT2D eigenvalue weighted by Crippen LogP contribution is -2.29. The van der Waals surface area contributed by atoms with E-state index in [0.717, 1.165) is 23.2 Å². The highest BCUT2D eigenvalue weighted by Crippen LogP contribution is 2.13. The van der Waals surface area contributed by atoms with Gasteiger partial charge in [-0.1, -0.05) is 6.07 Å². The summed E-state index contributed by atoms with van der Waals surface area (Å²) in [6.07, 6.45) is 2.69. The van der Waals surface area contributed by atoms with Crippen molar-refractivity contribution in [2.24, 2.45) is 0 Å². The SMILES string of the molecule is Fc1ccc(CNCCN2CCCC2)c(I)c1. The molecule has 1 saturated heterocycles. The third kappa shape index (κ3) is 4.19. The molecule has 2 nitrogen and oxygen atoms in total. The first-order chi connectivity index (χ1) is 8.25. The third-order valence-electron chi connectivity index (χ3n) is 3.13. The molecule has 1 N–H and O–H groups in total. The van der Waals surface area contributed by atoms with E-state index in [1.54, 1.807) is 6.07 Å². The second kappa shape index (κ2) is 6.66. The average molecular weight is 348 g/mol. The Hall–Kier alpha value is -0.200. The zero-order chi connectivity index (χ0) is 12.1. The van der Waals surface area contributed by atoms with Gasteiger partial charge in [-0.2, -0.15) is 0 Å². The minimum atomic E-state index is -0.157. The van der Waals surface area contributed by atoms with Gasteiger partial charge in [0.05, 0.1) is 0 Å². The first kappa shape index (κ1) is 13.2. The topological polar surface area (TPSA) is 15.3 Å². The van der Waals surface area contributed by atoms with Gasteiger partial charge in [0.1, 0.15) is 5.82 Å². The fraction of sp³-hybridized carbons (Fsp3) is 0.538. The van der Waals surface area contributed by atoms with E-state index in [1.165, 1.54) is 37.6 Å². The minimum absolute atomic E-state index is 0.157. The molecule has 0 bridgehead atoms. The Morgan fingerprint density at radius 1 is 1.29 bits per heavy atom. The van der Waals surface area contributed by atoms with Gasteiger partial charge in [-0.25, -0.2) is 4.39 Å². The molecular formula is C13H18FIN2. The van der Waals surface area contributed by atoms with Gasteiger partial charge in [0.2, 0.25) is 0 Å². The summed E-state index contributed by atoms with van der Waals surface area (Å²) in [4.78, 5) is 2.49. The van der Waals surface area contributed by atoms with Crippen LogP contribution in [-0.2, 0) is 6.54 Å². The standard InChI is InChI=1S/C13H18FIN2/c14-12-4-3-11(13(15)9-12)10-16-5-8-17-6-1-2-7-17/h3-4,9,16H,1-2,5-8,10H2. The first-order valence-electron chi connectivity index (χ1n) is 6.13. The fourth-order valence-electron chi connectivity index (χ4n) is 2.13. The molecule has 1 aliphatic rings. The molecule has 0 radical (unpaired) electrons. The molecule has 0 amide bonds. The molecule has 17 heavy (non-hydrogen) atoms. The van der Waals surface area contributed by atoms with Crippen molar-refractivity contribution in [2.45, 2.75) is 19.4 Å². The Kier molecular flexibility index (Phi) is 5.18. The summed E-state index contributed by atoms with van der Waals surface area (Å²) in [5, 5.41) is 3.42. The number of hydrogen-bond donors (Lipinski definition) is 1. The number of nitrogens with zero attached hydrogens (tertiary/aromatic N) is 1. The van der Waals surface area contributed by atoms with Crippen LogP contribution in [0.2, 0.25) is 0 Å². The van der Waals surface area contributed by atoms with E-state index in [4.69, 9.17) is 0 Å². The highest BCUT2D eigenvalue weighted by Gasteiger charge is 2.10. The molecule has 2 rings (SSSR count). The van der Waals surface area contributed by atoms with Gasteiger partial charge in [-0.3, -0.25) is 0 Å². The quantitative estimate of drug-likeness (QED) is 0.650. The fourth-order valence-corrected chi connectivity index (χ4v) is 2.80. The minimum Gasteiger partial charge on any atom is -0.311 e. The number of likely N-dealkylation sites (tertiary alicyclic amines) is 1. The van der Waals surface area contributed by atoms with Crippen LogP contribution >= 0.6 is 22.6 Å². The zero-order valence-electron chi connectivity index (χ0n) is 9.88.